The molecule has 2 heterocycles. The van der Waals surface area contributed by atoms with Crippen molar-refractivity contribution in [2.75, 3.05) is 11.9 Å². The van der Waals surface area contributed by atoms with Crippen LogP contribution in [0.5, 0.6) is 0 Å². The van der Waals surface area contributed by atoms with Crippen molar-refractivity contribution in [3.63, 3.8) is 0 Å². The summed E-state index contributed by atoms with van der Waals surface area (Å²) in [5.41, 5.74) is 3.58. The average Bonchev–Trinajstić information content (AvgIpc) is 2.58. The lowest BCUT2D eigenvalue weighted by Crippen LogP contribution is -2.28. The van der Waals surface area contributed by atoms with Crippen LogP contribution in [0.2, 0.25) is 0 Å². The van der Waals surface area contributed by atoms with Gasteiger partial charge in [-0.3, -0.25) is 5.32 Å². The van der Waals surface area contributed by atoms with Gasteiger partial charge in [0, 0.05) is 30.4 Å². The summed E-state index contributed by atoms with van der Waals surface area (Å²) in [6.45, 7) is 6.25. The zero-order chi connectivity index (χ0) is 18.0. The minimum Gasteiger partial charge on any atom is -0.338 e. The van der Waals surface area contributed by atoms with E-state index >= 15 is 0 Å². The molecule has 3 rings (SSSR count). The fraction of sp³-hybridized carbons (Fsp3) is 0.211. The zero-order valence-electron chi connectivity index (χ0n) is 14.4. The number of aromatic nitrogens is 2. The van der Waals surface area contributed by atoms with E-state index in [0.29, 0.717) is 12.4 Å². The maximum absolute atomic E-state index is 13.7. The molecule has 0 fully saturated rings. The first-order chi connectivity index (χ1) is 12.0. The van der Waals surface area contributed by atoms with Crippen LogP contribution >= 0.6 is 0 Å². The van der Waals surface area contributed by atoms with Crippen LogP contribution in [-0.2, 0) is 0 Å². The lowest BCUT2D eigenvalue weighted by Gasteiger charge is -2.13. The van der Waals surface area contributed by atoms with E-state index in [1.54, 1.807) is 6.20 Å². The second-order valence-electron chi connectivity index (χ2n) is 5.85. The number of hydrogen-bond donors (Lipinski definition) is 2. The number of fused-ring (bicyclic) bond motifs is 1. The Balaban J connectivity index is 2.17. The van der Waals surface area contributed by atoms with E-state index in [4.69, 9.17) is 0 Å². The van der Waals surface area contributed by atoms with Crippen molar-refractivity contribution in [3.05, 3.63) is 53.7 Å². The summed E-state index contributed by atoms with van der Waals surface area (Å²) >= 11 is 0. The molecule has 0 aliphatic carbocycles. The monoisotopic (exact) mass is 338 g/mol. The van der Waals surface area contributed by atoms with Gasteiger partial charge in [0.1, 0.15) is 5.82 Å². The molecule has 6 heteroatoms. The third-order valence-electron chi connectivity index (χ3n) is 4.06. The highest BCUT2D eigenvalue weighted by Crippen LogP contribution is 2.33. The standard InChI is InChI=1S/C19H19FN4O/c1-4-21-19(25)24-18-8-15-13(6-5-11(2)16(15)10-23-18)14-7-17(20)22-9-12(14)3/h5-10H,4H2,1-3H3,(H2,21,23,24,25). The van der Waals surface area contributed by atoms with E-state index < -0.39 is 5.95 Å². The molecular weight excluding hydrogens is 319 g/mol. The predicted molar refractivity (Wildman–Crippen MR) is 97.1 cm³/mol. The van der Waals surface area contributed by atoms with E-state index in [-0.39, 0.29) is 6.03 Å². The minimum atomic E-state index is -0.524. The van der Waals surface area contributed by atoms with Gasteiger partial charge in [-0.15, -0.1) is 0 Å². The number of nitrogens with one attached hydrogen (secondary N) is 2. The van der Waals surface area contributed by atoms with Gasteiger partial charge in [-0.1, -0.05) is 12.1 Å². The Kier molecular flexibility index (Phi) is 4.61. The number of anilines is 1. The Morgan fingerprint density at radius 2 is 1.84 bits per heavy atom. The van der Waals surface area contributed by atoms with Gasteiger partial charge in [0.05, 0.1) is 0 Å². The van der Waals surface area contributed by atoms with Gasteiger partial charge in [0.15, 0.2) is 0 Å². The fourth-order valence-corrected chi connectivity index (χ4v) is 2.79. The molecular formula is C19H19FN4O. The predicted octanol–water partition coefficient (Wildman–Crippen LogP) is 4.19. The molecule has 3 aromatic rings. The van der Waals surface area contributed by atoms with Crippen LogP contribution in [0.3, 0.4) is 0 Å². The van der Waals surface area contributed by atoms with Crippen molar-refractivity contribution in [3.8, 4) is 11.1 Å². The maximum Gasteiger partial charge on any atom is 0.320 e. The lowest BCUT2D eigenvalue weighted by atomic mass is 9.95. The van der Waals surface area contributed by atoms with Crippen molar-refractivity contribution in [1.29, 1.82) is 0 Å². The van der Waals surface area contributed by atoms with Gasteiger partial charge in [-0.2, -0.15) is 4.39 Å². The topological polar surface area (TPSA) is 66.9 Å². The van der Waals surface area contributed by atoms with E-state index in [2.05, 4.69) is 20.6 Å². The number of halogens is 1. The van der Waals surface area contributed by atoms with Gasteiger partial charge >= 0.3 is 6.03 Å². The number of aryl methyl sites for hydroxylation is 2. The van der Waals surface area contributed by atoms with E-state index in [1.807, 2.05) is 39.0 Å². The molecule has 25 heavy (non-hydrogen) atoms. The van der Waals surface area contributed by atoms with Crippen molar-refractivity contribution in [1.82, 2.24) is 15.3 Å². The van der Waals surface area contributed by atoms with Gasteiger partial charge in [-0.25, -0.2) is 14.8 Å². The molecule has 128 valence electrons. The van der Waals surface area contributed by atoms with E-state index in [1.165, 1.54) is 12.3 Å². The Morgan fingerprint density at radius 3 is 2.60 bits per heavy atom. The van der Waals surface area contributed by atoms with Crippen LogP contribution < -0.4 is 10.6 Å². The second kappa shape index (κ2) is 6.84. The number of benzene rings is 1. The third-order valence-corrected chi connectivity index (χ3v) is 4.06. The number of pyridine rings is 2. The van der Waals surface area contributed by atoms with Crippen LogP contribution in [0.15, 0.2) is 36.7 Å². The number of nitrogens with zero attached hydrogens (tertiary/aromatic N) is 2. The first kappa shape index (κ1) is 16.8. The molecule has 2 amide bonds. The Bertz CT molecular complexity index is 956. The van der Waals surface area contributed by atoms with Crippen LogP contribution in [0, 0.1) is 19.8 Å². The number of carbonyl (C=O) groups is 1. The molecule has 0 unspecified atom stereocenters. The van der Waals surface area contributed by atoms with Crippen LogP contribution in [0.25, 0.3) is 21.9 Å². The Labute approximate surface area is 145 Å². The molecule has 2 N–H and O–H groups in total. The maximum atomic E-state index is 13.7. The number of urea groups is 1. The Morgan fingerprint density at radius 1 is 1.04 bits per heavy atom. The summed E-state index contributed by atoms with van der Waals surface area (Å²) in [6.07, 6.45) is 3.24. The lowest BCUT2D eigenvalue weighted by molar-refractivity contribution is 0.252. The minimum absolute atomic E-state index is 0.310. The fourth-order valence-electron chi connectivity index (χ4n) is 2.79. The summed E-state index contributed by atoms with van der Waals surface area (Å²) in [4.78, 5) is 19.8. The van der Waals surface area contributed by atoms with Gasteiger partial charge in [0.2, 0.25) is 5.95 Å². The Hall–Kier alpha value is -3.02. The molecule has 5 nitrogen and oxygen atoms in total. The molecule has 0 aliphatic rings. The van der Waals surface area contributed by atoms with Gasteiger partial charge in [-0.05, 0) is 54.5 Å². The third kappa shape index (κ3) is 3.42. The van der Waals surface area contributed by atoms with Gasteiger partial charge < -0.3 is 5.32 Å². The van der Waals surface area contributed by atoms with Crippen LogP contribution in [0.1, 0.15) is 18.1 Å². The molecule has 0 saturated carbocycles. The highest BCUT2D eigenvalue weighted by Gasteiger charge is 2.12. The van der Waals surface area contributed by atoms with Crippen molar-refractivity contribution >= 4 is 22.6 Å². The normalized spacial score (nSPS) is 10.7. The van der Waals surface area contributed by atoms with Crippen molar-refractivity contribution in [2.24, 2.45) is 0 Å². The van der Waals surface area contributed by atoms with Crippen LogP contribution in [0.4, 0.5) is 15.0 Å². The number of rotatable bonds is 3. The summed E-state index contributed by atoms with van der Waals surface area (Å²) in [7, 11) is 0. The number of carbonyl (C=O) groups excluding carboxylic acids is 1. The van der Waals surface area contributed by atoms with E-state index in [0.717, 1.165) is 33.0 Å². The molecule has 0 saturated heterocycles. The van der Waals surface area contributed by atoms with E-state index in [9.17, 15) is 9.18 Å². The second-order valence-corrected chi connectivity index (χ2v) is 5.85. The highest BCUT2D eigenvalue weighted by molar-refractivity contribution is 6.01. The van der Waals surface area contributed by atoms with Crippen LogP contribution in [-0.4, -0.2) is 22.5 Å². The average molecular weight is 338 g/mol. The number of amides is 2. The zero-order valence-corrected chi connectivity index (χ0v) is 14.4. The SMILES string of the molecule is CCNC(=O)Nc1cc2c(-c3cc(F)ncc3C)ccc(C)c2cn1. The molecule has 0 spiro atoms. The summed E-state index contributed by atoms with van der Waals surface area (Å²) in [6, 6.07) is 6.86. The summed E-state index contributed by atoms with van der Waals surface area (Å²) < 4.78 is 13.7. The van der Waals surface area contributed by atoms with Gasteiger partial charge in [0.25, 0.3) is 0 Å². The molecule has 0 bridgehead atoms. The molecule has 2 aromatic heterocycles. The number of hydrogen-bond acceptors (Lipinski definition) is 3. The molecule has 0 radical (unpaired) electrons. The first-order valence-corrected chi connectivity index (χ1v) is 8.06. The molecule has 0 atom stereocenters. The summed E-state index contributed by atoms with van der Waals surface area (Å²) in [5.74, 6) is -0.0819. The molecule has 1 aromatic carbocycles. The molecule has 0 aliphatic heterocycles. The van der Waals surface area contributed by atoms with Crippen molar-refractivity contribution < 1.29 is 9.18 Å². The smallest absolute Gasteiger partial charge is 0.320 e. The quantitative estimate of drug-likeness (QED) is 0.704. The first-order valence-electron chi connectivity index (χ1n) is 8.06. The highest BCUT2D eigenvalue weighted by atomic mass is 19.1. The largest absolute Gasteiger partial charge is 0.338 e. The van der Waals surface area contributed by atoms with Crippen molar-refractivity contribution in [2.45, 2.75) is 20.8 Å². The summed E-state index contributed by atoms with van der Waals surface area (Å²) in [5, 5.41) is 7.23.